The summed E-state index contributed by atoms with van der Waals surface area (Å²) in [5.74, 6) is 1.95. The lowest BCUT2D eigenvalue weighted by atomic mass is 9.43. The Morgan fingerprint density at radius 2 is 2.06 bits per heavy atom. The Morgan fingerprint density at radius 1 is 1.22 bits per heavy atom. The van der Waals surface area contributed by atoms with Crippen molar-refractivity contribution in [2.45, 2.75) is 64.1 Å². The molecule has 0 amide bonds. The van der Waals surface area contributed by atoms with Gasteiger partial charge in [0.15, 0.2) is 0 Å². The van der Waals surface area contributed by atoms with Gasteiger partial charge >= 0.3 is 7.12 Å². The highest BCUT2D eigenvalue weighted by molar-refractivity contribution is 6.47. The summed E-state index contributed by atoms with van der Waals surface area (Å²) in [6.45, 7) is 8.25. The van der Waals surface area contributed by atoms with E-state index in [1.807, 2.05) is 0 Å². The number of rotatable bonds is 1. The van der Waals surface area contributed by atoms with Crippen molar-refractivity contribution in [2.75, 3.05) is 6.54 Å². The minimum absolute atomic E-state index is 0.00218. The molecule has 3 nitrogen and oxygen atoms in total. The minimum atomic E-state index is -0.0345. The predicted molar refractivity (Wildman–Crippen MR) is 71.1 cm³/mol. The molecule has 0 aromatic rings. The lowest BCUT2D eigenvalue weighted by molar-refractivity contribution is -0.199. The van der Waals surface area contributed by atoms with Crippen LogP contribution in [0.5, 0.6) is 0 Å². The summed E-state index contributed by atoms with van der Waals surface area (Å²) in [5.41, 5.74) is 0.416. The topological polar surface area (TPSA) is 30.5 Å². The summed E-state index contributed by atoms with van der Waals surface area (Å²) in [7, 11) is -0.00218. The number of hydrogen-bond acceptors (Lipinski definition) is 3. The van der Waals surface area contributed by atoms with E-state index in [1.54, 1.807) is 0 Å². The Bertz CT molecular complexity index is 369. The molecule has 2 aliphatic heterocycles. The van der Waals surface area contributed by atoms with E-state index in [4.69, 9.17) is 9.31 Å². The monoisotopic (exact) mass is 249 g/mol. The van der Waals surface area contributed by atoms with E-state index in [2.05, 4.69) is 26.1 Å². The first-order valence-electron chi connectivity index (χ1n) is 7.58. The molecule has 5 aliphatic rings. The maximum atomic E-state index is 6.44. The van der Waals surface area contributed by atoms with Gasteiger partial charge in [-0.2, -0.15) is 0 Å². The van der Waals surface area contributed by atoms with Gasteiger partial charge in [-0.25, -0.2) is 0 Å². The van der Waals surface area contributed by atoms with Crippen LogP contribution in [0, 0.1) is 17.3 Å². The minimum Gasteiger partial charge on any atom is -0.404 e. The number of hydrogen-bond donors (Lipinski definition) is 1. The maximum Gasteiger partial charge on any atom is 0.475 e. The van der Waals surface area contributed by atoms with Crippen molar-refractivity contribution in [3.8, 4) is 0 Å². The Morgan fingerprint density at radius 3 is 2.72 bits per heavy atom. The van der Waals surface area contributed by atoms with Gasteiger partial charge in [0.05, 0.1) is 11.7 Å². The molecule has 4 heteroatoms. The first-order chi connectivity index (χ1) is 8.52. The average molecular weight is 249 g/mol. The lowest BCUT2D eigenvalue weighted by Gasteiger charge is -2.64. The summed E-state index contributed by atoms with van der Waals surface area (Å²) < 4.78 is 12.7. The van der Waals surface area contributed by atoms with Gasteiger partial charge in [-0.05, 0) is 56.4 Å². The van der Waals surface area contributed by atoms with E-state index in [0.717, 1.165) is 12.5 Å². The fourth-order valence-corrected chi connectivity index (χ4v) is 5.01. The summed E-state index contributed by atoms with van der Waals surface area (Å²) in [5, 5.41) is 3.52. The van der Waals surface area contributed by atoms with Crippen LogP contribution in [-0.2, 0) is 9.31 Å². The molecule has 2 saturated heterocycles. The smallest absolute Gasteiger partial charge is 0.404 e. The summed E-state index contributed by atoms with van der Waals surface area (Å²) in [6.07, 6.45) is 5.33. The summed E-state index contributed by atoms with van der Waals surface area (Å²) >= 11 is 0. The van der Waals surface area contributed by atoms with Crippen LogP contribution in [0.25, 0.3) is 0 Å². The molecule has 0 spiro atoms. The molecule has 0 radical (unpaired) electrons. The standard InChI is InChI=1S/C14H24BNO2/c1-13(2)9-7-10(13)14(3)11(8-9)17-15(18-14)12-5-4-6-16-12/h9-12,16H,4-8H2,1-3H3/t9?,10?,11-,12?,14+/m1/s1. The molecule has 1 N–H and O–H groups in total. The van der Waals surface area contributed by atoms with Crippen molar-refractivity contribution >= 4 is 7.12 Å². The number of nitrogens with one attached hydrogen (secondary N) is 1. The molecule has 5 atom stereocenters. The van der Waals surface area contributed by atoms with E-state index < -0.39 is 0 Å². The molecule has 18 heavy (non-hydrogen) atoms. The Labute approximate surface area is 110 Å². The molecule has 3 saturated carbocycles. The van der Waals surface area contributed by atoms with Gasteiger partial charge < -0.3 is 14.6 Å². The predicted octanol–water partition coefficient (Wildman–Crippen LogP) is 2.01. The molecule has 5 fully saturated rings. The Kier molecular flexibility index (Phi) is 2.30. The van der Waals surface area contributed by atoms with E-state index in [-0.39, 0.29) is 12.7 Å². The van der Waals surface area contributed by atoms with Gasteiger partial charge in [-0.3, -0.25) is 0 Å². The molecule has 3 aliphatic carbocycles. The van der Waals surface area contributed by atoms with Gasteiger partial charge in [0.1, 0.15) is 0 Å². The van der Waals surface area contributed by atoms with Crippen LogP contribution in [0.1, 0.15) is 46.5 Å². The highest BCUT2D eigenvalue weighted by atomic mass is 16.7. The third-order valence-electron chi connectivity index (χ3n) is 6.40. The van der Waals surface area contributed by atoms with Crippen molar-refractivity contribution < 1.29 is 9.31 Å². The van der Waals surface area contributed by atoms with Crippen LogP contribution in [0.15, 0.2) is 0 Å². The van der Waals surface area contributed by atoms with Crippen LogP contribution in [0.2, 0.25) is 0 Å². The van der Waals surface area contributed by atoms with Gasteiger partial charge in [-0.1, -0.05) is 13.8 Å². The summed E-state index contributed by atoms with van der Waals surface area (Å²) in [6, 6.07) is 0. The largest absolute Gasteiger partial charge is 0.475 e. The third kappa shape index (κ3) is 1.32. The quantitative estimate of drug-likeness (QED) is 0.721. The normalized spacial score (nSPS) is 53.2. The molecule has 5 rings (SSSR count). The molecule has 2 heterocycles. The lowest BCUT2D eigenvalue weighted by Crippen LogP contribution is -2.65. The molecule has 2 bridgehead atoms. The van der Waals surface area contributed by atoms with Gasteiger partial charge in [-0.15, -0.1) is 0 Å². The molecule has 3 unspecified atom stereocenters. The third-order valence-corrected chi connectivity index (χ3v) is 6.40. The molecular formula is C14H24BNO2. The first kappa shape index (κ1) is 11.7. The highest BCUT2D eigenvalue weighted by Crippen LogP contribution is 2.65. The second kappa shape index (κ2) is 3.53. The Hall–Kier alpha value is -0.0551. The van der Waals surface area contributed by atoms with Crippen LogP contribution in [0.4, 0.5) is 0 Å². The second-order valence-electron chi connectivity index (χ2n) is 7.54. The van der Waals surface area contributed by atoms with Crippen molar-refractivity contribution in [2.24, 2.45) is 17.3 Å². The highest BCUT2D eigenvalue weighted by Gasteiger charge is 2.68. The summed E-state index contributed by atoms with van der Waals surface area (Å²) in [4.78, 5) is 0. The van der Waals surface area contributed by atoms with Gasteiger partial charge in [0.2, 0.25) is 0 Å². The molecular weight excluding hydrogens is 225 g/mol. The van der Waals surface area contributed by atoms with E-state index >= 15 is 0 Å². The van der Waals surface area contributed by atoms with Crippen molar-refractivity contribution in [3.05, 3.63) is 0 Å². The van der Waals surface area contributed by atoms with Crippen molar-refractivity contribution in [3.63, 3.8) is 0 Å². The Balaban J connectivity index is 1.57. The second-order valence-corrected chi connectivity index (χ2v) is 7.54. The zero-order valence-corrected chi connectivity index (χ0v) is 11.7. The van der Waals surface area contributed by atoms with Crippen LogP contribution in [0.3, 0.4) is 0 Å². The van der Waals surface area contributed by atoms with Crippen LogP contribution < -0.4 is 5.32 Å². The van der Waals surface area contributed by atoms with Crippen molar-refractivity contribution in [1.82, 2.24) is 5.32 Å². The van der Waals surface area contributed by atoms with Crippen molar-refractivity contribution in [1.29, 1.82) is 0 Å². The van der Waals surface area contributed by atoms with E-state index in [9.17, 15) is 0 Å². The van der Waals surface area contributed by atoms with Gasteiger partial charge in [0, 0.05) is 5.94 Å². The van der Waals surface area contributed by atoms with Crippen LogP contribution in [-0.4, -0.2) is 31.3 Å². The molecule has 100 valence electrons. The molecule has 0 aromatic heterocycles. The van der Waals surface area contributed by atoms with Gasteiger partial charge in [0.25, 0.3) is 0 Å². The SMILES string of the molecule is CC1(C)C2CC1[C@]1(C)OB(C3CCCN3)O[C@@H]1C2. The van der Waals surface area contributed by atoms with E-state index in [0.29, 0.717) is 23.4 Å². The fraction of sp³-hybridized carbons (Fsp3) is 1.00. The molecule has 0 aromatic carbocycles. The average Bonchev–Trinajstić information content (AvgIpc) is 2.92. The van der Waals surface area contributed by atoms with Crippen LogP contribution >= 0.6 is 0 Å². The zero-order valence-electron chi connectivity index (χ0n) is 11.7. The first-order valence-corrected chi connectivity index (χ1v) is 7.58. The zero-order chi connectivity index (χ0) is 12.5. The maximum absolute atomic E-state index is 6.44. The van der Waals surface area contributed by atoms with E-state index in [1.165, 1.54) is 25.7 Å². The fourth-order valence-electron chi connectivity index (χ4n) is 5.01.